The van der Waals surface area contributed by atoms with Crippen molar-refractivity contribution in [2.24, 2.45) is 0 Å². The molecule has 6 nitrogen and oxygen atoms in total. The van der Waals surface area contributed by atoms with Gasteiger partial charge in [-0.3, -0.25) is 0 Å². The lowest BCUT2D eigenvalue weighted by Crippen LogP contribution is -2.28. The Balaban J connectivity index is 1.93. The quantitative estimate of drug-likeness (QED) is 0.509. The average Bonchev–Trinajstić information content (AvgIpc) is 2.66. The molecule has 0 aliphatic carbocycles. The van der Waals surface area contributed by atoms with Crippen LogP contribution in [0.2, 0.25) is 0 Å². The second-order valence-corrected chi connectivity index (χ2v) is 10.2. The highest BCUT2D eigenvalue weighted by Crippen LogP contribution is 2.26. The topological polar surface area (TPSA) is 83.9 Å². The molecular weight excluding hydrogens is 410 g/mol. The van der Waals surface area contributed by atoms with Crippen molar-refractivity contribution in [1.82, 2.24) is 0 Å². The first-order valence-electron chi connectivity index (χ1n) is 9.30. The lowest BCUT2D eigenvalue weighted by molar-refractivity contribution is -0.139. The second kappa shape index (κ2) is 11.1. The maximum atomic E-state index is 11.4. The molecule has 0 saturated carbocycles. The van der Waals surface area contributed by atoms with Gasteiger partial charge in [0.1, 0.15) is 15.6 Å². The number of hydrogen-bond acceptors (Lipinski definition) is 6. The van der Waals surface area contributed by atoms with E-state index < -0.39 is 15.8 Å². The summed E-state index contributed by atoms with van der Waals surface area (Å²) in [4.78, 5) is 13.9. The lowest BCUT2D eigenvalue weighted by Gasteiger charge is -2.24. The Kier molecular flexibility index (Phi) is 8.85. The molecule has 8 heteroatoms. The van der Waals surface area contributed by atoms with Crippen LogP contribution in [0.15, 0.2) is 53.4 Å². The minimum absolute atomic E-state index is 0.181. The van der Waals surface area contributed by atoms with E-state index in [0.717, 1.165) is 28.4 Å². The van der Waals surface area contributed by atoms with Gasteiger partial charge in [0.05, 0.1) is 5.75 Å². The maximum absolute atomic E-state index is 11.4. The molecule has 2 aromatic carbocycles. The van der Waals surface area contributed by atoms with Gasteiger partial charge in [-0.1, -0.05) is 18.2 Å². The van der Waals surface area contributed by atoms with Gasteiger partial charge in [-0.15, -0.1) is 11.8 Å². The van der Waals surface area contributed by atoms with Gasteiger partial charge in [0, 0.05) is 35.7 Å². The average molecular weight is 438 g/mol. The molecule has 2 rings (SSSR count). The molecule has 0 amide bonds. The number of hydrogen-bond donors (Lipinski definition) is 1. The highest BCUT2D eigenvalue weighted by atomic mass is 32.2. The van der Waals surface area contributed by atoms with Crippen LogP contribution in [0.25, 0.3) is 0 Å². The summed E-state index contributed by atoms with van der Waals surface area (Å²) in [6.07, 6.45) is 1.86. The van der Waals surface area contributed by atoms with E-state index in [1.54, 1.807) is 17.8 Å². The number of aryl methyl sites for hydroxylation is 1. The van der Waals surface area contributed by atoms with Gasteiger partial charge in [0.15, 0.2) is 6.61 Å². The molecule has 0 bridgehead atoms. The van der Waals surface area contributed by atoms with Crippen molar-refractivity contribution in [2.45, 2.75) is 18.2 Å². The molecule has 2 aromatic rings. The van der Waals surface area contributed by atoms with Crippen LogP contribution in [0.3, 0.4) is 0 Å². The minimum Gasteiger partial charge on any atom is -0.482 e. The summed E-state index contributed by atoms with van der Waals surface area (Å²) >= 11 is 1.70. The number of anilines is 1. The number of thioether (sulfide) groups is 1. The van der Waals surface area contributed by atoms with E-state index >= 15 is 0 Å². The zero-order valence-electron chi connectivity index (χ0n) is 16.7. The van der Waals surface area contributed by atoms with Crippen molar-refractivity contribution in [1.29, 1.82) is 0 Å². The highest BCUT2D eigenvalue weighted by Gasteiger charge is 2.10. The van der Waals surface area contributed by atoms with Crippen LogP contribution >= 0.6 is 11.8 Å². The third kappa shape index (κ3) is 8.79. The van der Waals surface area contributed by atoms with Crippen LogP contribution in [0, 0.1) is 6.92 Å². The van der Waals surface area contributed by atoms with Crippen molar-refractivity contribution in [3.63, 3.8) is 0 Å². The number of ether oxygens (including phenoxy) is 1. The van der Waals surface area contributed by atoms with Crippen LogP contribution in [0.4, 0.5) is 5.69 Å². The van der Waals surface area contributed by atoms with Crippen molar-refractivity contribution < 1.29 is 23.1 Å². The van der Waals surface area contributed by atoms with Crippen molar-refractivity contribution >= 4 is 33.3 Å². The minimum atomic E-state index is -2.97. The van der Waals surface area contributed by atoms with E-state index in [9.17, 15) is 13.2 Å². The summed E-state index contributed by atoms with van der Waals surface area (Å²) in [5.41, 5.74) is 1.97. The van der Waals surface area contributed by atoms with Gasteiger partial charge >= 0.3 is 5.97 Å². The molecule has 0 aliphatic rings. The van der Waals surface area contributed by atoms with Crippen LogP contribution in [-0.2, 0) is 14.6 Å². The van der Waals surface area contributed by atoms with Gasteiger partial charge in [-0.05, 0) is 49.2 Å². The van der Waals surface area contributed by atoms with E-state index in [1.165, 1.54) is 6.26 Å². The number of rotatable bonds is 12. The van der Waals surface area contributed by atoms with E-state index in [4.69, 9.17) is 9.84 Å². The van der Waals surface area contributed by atoms with Crippen LogP contribution in [0.5, 0.6) is 5.75 Å². The smallest absolute Gasteiger partial charge is 0.341 e. The van der Waals surface area contributed by atoms with Gasteiger partial charge in [0.2, 0.25) is 0 Å². The molecular formula is C21H27NO5S2. The monoisotopic (exact) mass is 437 g/mol. The fourth-order valence-electron chi connectivity index (χ4n) is 2.81. The zero-order chi connectivity index (χ0) is 21.3. The van der Waals surface area contributed by atoms with E-state index in [2.05, 4.69) is 4.90 Å². The Bertz CT molecular complexity index is 901. The Morgan fingerprint density at radius 3 is 2.48 bits per heavy atom. The fraction of sp³-hybridized carbons (Fsp3) is 0.381. The third-order valence-corrected chi connectivity index (χ3v) is 6.20. The number of carboxylic acid groups (broad SMARTS) is 1. The first-order valence-corrected chi connectivity index (χ1v) is 12.3. The summed E-state index contributed by atoms with van der Waals surface area (Å²) in [5, 5.41) is 8.72. The molecule has 0 radical (unpaired) electrons. The molecule has 0 aromatic heterocycles. The predicted octanol–water partition coefficient (Wildman–Crippen LogP) is 3.49. The maximum Gasteiger partial charge on any atom is 0.341 e. The first kappa shape index (κ1) is 23.1. The Morgan fingerprint density at radius 2 is 1.86 bits per heavy atom. The summed E-state index contributed by atoms with van der Waals surface area (Å²) in [6.45, 7) is 3.00. The fourth-order valence-corrected chi connectivity index (χ4v) is 4.44. The molecule has 158 valence electrons. The molecule has 0 spiro atoms. The first-order chi connectivity index (χ1) is 13.7. The molecule has 1 N–H and O–H groups in total. The Hall–Kier alpha value is -2.19. The lowest BCUT2D eigenvalue weighted by atomic mass is 10.2. The largest absolute Gasteiger partial charge is 0.482 e. The Morgan fingerprint density at radius 1 is 1.14 bits per heavy atom. The standard InChI is InChI=1S/C21H27NO5S2/c1-17-15-19(9-10-20(17)27-16-21(23)24)28-13-12-22(11-6-14-29(2,25)26)18-7-4-3-5-8-18/h3-5,7-10,15H,6,11-14,16H2,1-2H3,(H,23,24). The number of sulfone groups is 1. The van der Waals surface area contributed by atoms with E-state index in [-0.39, 0.29) is 12.4 Å². The predicted molar refractivity (Wildman–Crippen MR) is 118 cm³/mol. The molecule has 0 unspecified atom stereocenters. The Labute approximate surface area is 176 Å². The second-order valence-electron chi connectivity index (χ2n) is 6.76. The zero-order valence-corrected chi connectivity index (χ0v) is 18.3. The number of carbonyl (C=O) groups is 1. The summed E-state index contributed by atoms with van der Waals surface area (Å²) < 4.78 is 28.1. The van der Waals surface area contributed by atoms with E-state index in [1.807, 2.05) is 49.4 Å². The van der Waals surface area contributed by atoms with E-state index in [0.29, 0.717) is 18.7 Å². The number of para-hydroxylation sites is 1. The molecule has 0 saturated heterocycles. The number of carboxylic acids is 1. The molecule has 0 fully saturated rings. The SMILES string of the molecule is Cc1cc(SCCN(CCCS(C)(=O)=O)c2ccccc2)ccc1OCC(=O)O. The van der Waals surface area contributed by atoms with Gasteiger partial charge in [0.25, 0.3) is 0 Å². The van der Waals surface area contributed by atoms with Gasteiger partial charge in [-0.2, -0.15) is 0 Å². The third-order valence-electron chi connectivity index (χ3n) is 4.19. The van der Waals surface area contributed by atoms with Crippen molar-refractivity contribution in [3.8, 4) is 5.75 Å². The van der Waals surface area contributed by atoms with Crippen LogP contribution < -0.4 is 9.64 Å². The highest BCUT2D eigenvalue weighted by molar-refractivity contribution is 7.99. The number of nitrogens with zero attached hydrogens (tertiary/aromatic N) is 1. The molecule has 29 heavy (non-hydrogen) atoms. The van der Waals surface area contributed by atoms with Crippen molar-refractivity contribution in [3.05, 3.63) is 54.1 Å². The van der Waals surface area contributed by atoms with Crippen LogP contribution in [-0.4, -0.2) is 57.0 Å². The summed E-state index contributed by atoms with van der Waals surface area (Å²) in [5.74, 6) is 0.589. The number of aliphatic carboxylic acids is 1. The normalized spacial score (nSPS) is 11.2. The van der Waals surface area contributed by atoms with Crippen LogP contribution in [0.1, 0.15) is 12.0 Å². The van der Waals surface area contributed by atoms with Gasteiger partial charge in [-0.25, -0.2) is 13.2 Å². The number of benzene rings is 2. The van der Waals surface area contributed by atoms with Crippen molar-refractivity contribution in [2.75, 3.05) is 42.4 Å². The molecule has 0 heterocycles. The molecule has 0 atom stereocenters. The summed E-state index contributed by atoms with van der Waals surface area (Å²) in [7, 11) is -2.97. The summed E-state index contributed by atoms with van der Waals surface area (Å²) in [6, 6.07) is 15.7. The van der Waals surface area contributed by atoms with Gasteiger partial charge < -0.3 is 14.7 Å². The molecule has 0 aliphatic heterocycles.